The fourth-order valence-corrected chi connectivity index (χ4v) is 0.563. The van der Waals surface area contributed by atoms with Gasteiger partial charge in [-0.15, -0.1) is 0 Å². The minimum atomic E-state index is -0.434. The van der Waals surface area contributed by atoms with Gasteiger partial charge in [0.15, 0.2) is 0 Å². The summed E-state index contributed by atoms with van der Waals surface area (Å²) in [5, 5.41) is 0. The molecular formula is C8H18N2O2. The molecule has 0 rings (SSSR count). The Morgan fingerprint density at radius 2 is 2.00 bits per heavy atom. The van der Waals surface area contributed by atoms with Gasteiger partial charge < -0.3 is 4.74 Å². The number of carbonyl (C=O) groups excluding carboxylic acids is 1. The molecule has 4 heteroatoms. The van der Waals surface area contributed by atoms with Crippen molar-refractivity contribution in [3.05, 3.63) is 0 Å². The smallest absolute Gasteiger partial charge is 0.422 e. The van der Waals surface area contributed by atoms with Crippen molar-refractivity contribution < 1.29 is 9.53 Å². The van der Waals surface area contributed by atoms with Crippen LogP contribution in [0.4, 0.5) is 4.79 Å². The van der Waals surface area contributed by atoms with E-state index in [1.807, 2.05) is 27.7 Å². The molecule has 0 aliphatic carbocycles. The highest BCUT2D eigenvalue weighted by molar-refractivity contribution is 5.66. The molecule has 1 amide bonds. The fraction of sp³-hybridized carbons (Fsp3) is 0.875. The summed E-state index contributed by atoms with van der Waals surface area (Å²) in [5.74, 6) is 0. The molecule has 0 heterocycles. The van der Waals surface area contributed by atoms with Gasteiger partial charge in [0.1, 0.15) is 5.60 Å². The average Bonchev–Trinajstić information content (AvgIpc) is 1.84. The monoisotopic (exact) mass is 174 g/mol. The minimum Gasteiger partial charge on any atom is -0.443 e. The van der Waals surface area contributed by atoms with Crippen molar-refractivity contribution in [3.63, 3.8) is 0 Å². The van der Waals surface area contributed by atoms with Crippen LogP contribution in [0.2, 0.25) is 0 Å². The molecule has 0 aliphatic rings. The summed E-state index contributed by atoms with van der Waals surface area (Å²) in [6, 6.07) is 0. The number of hydrazine groups is 1. The predicted octanol–water partition coefficient (Wildman–Crippen LogP) is 1.43. The molecule has 0 aliphatic heterocycles. The van der Waals surface area contributed by atoms with Crippen LogP contribution >= 0.6 is 0 Å². The SMILES string of the molecule is CCCNNC(=O)OC(C)(C)C. The number of hydrogen-bond acceptors (Lipinski definition) is 3. The van der Waals surface area contributed by atoms with Crippen molar-refractivity contribution >= 4 is 6.09 Å². The molecule has 72 valence electrons. The Bertz CT molecular complexity index is 140. The largest absolute Gasteiger partial charge is 0.443 e. The first-order valence-corrected chi connectivity index (χ1v) is 4.17. The van der Waals surface area contributed by atoms with Crippen molar-refractivity contribution in [1.82, 2.24) is 10.9 Å². The lowest BCUT2D eigenvalue weighted by atomic mass is 10.2. The first-order chi connectivity index (χ1) is 5.45. The third kappa shape index (κ3) is 7.34. The highest BCUT2D eigenvalue weighted by Crippen LogP contribution is 2.05. The lowest BCUT2D eigenvalue weighted by Crippen LogP contribution is -2.41. The van der Waals surface area contributed by atoms with Gasteiger partial charge in [-0.3, -0.25) is 5.43 Å². The second kappa shape index (κ2) is 4.98. The molecule has 2 N–H and O–H groups in total. The van der Waals surface area contributed by atoms with Gasteiger partial charge in [0.25, 0.3) is 0 Å². The van der Waals surface area contributed by atoms with Crippen LogP contribution in [0.5, 0.6) is 0 Å². The van der Waals surface area contributed by atoms with E-state index in [9.17, 15) is 4.79 Å². The van der Waals surface area contributed by atoms with E-state index in [1.54, 1.807) is 0 Å². The minimum absolute atomic E-state index is 0.433. The molecule has 0 aromatic carbocycles. The summed E-state index contributed by atoms with van der Waals surface area (Å²) in [6.45, 7) is 8.24. The molecule has 0 fully saturated rings. The molecule has 0 radical (unpaired) electrons. The normalized spacial score (nSPS) is 11.0. The molecule has 0 saturated heterocycles. The van der Waals surface area contributed by atoms with E-state index in [0.717, 1.165) is 13.0 Å². The van der Waals surface area contributed by atoms with Gasteiger partial charge in [-0.25, -0.2) is 10.2 Å². The molecule has 4 nitrogen and oxygen atoms in total. The number of amides is 1. The number of carbonyl (C=O) groups is 1. The maximum Gasteiger partial charge on any atom is 0.422 e. The van der Waals surface area contributed by atoms with Gasteiger partial charge >= 0.3 is 6.09 Å². The van der Waals surface area contributed by atoms with Crippen LogP contribution in [0, 0.1) is 0 Å². The molecule has 0 aromatic rings. The highest BCUT2D eigenvalue weighted by atomic mass is 16.6. The standard InChI is InChI=1S/C8H18N2O2/c1-5-6-9-10-7(11)12-8(2,3)4/h9H,5-6H2,1-4H3,(H,10,11). The lowest BCUT2D eigenvalue weighted by molar-refractivity contribution is 0.0498. The maximum atomic E-state index is 10.9. The zero-order valence-electron chi connectivity index (χ0n) is 8.23. The van der Waals surface area contributed by atoms with Crippen LogP contribution in [0.3, 0.4) is 0 Å². The zero-order chi connectivity index (χ0) is 9.61. The van der Waals surface area contributed by atoms with E-state index in [2.05, 4.69) is 10.9 Å². The summed E-state index contributed by atoms with van der Waals surface area (Å²) in [5.41, 5.74) is 4.73. The van der Waals surface area contributed by atoms with Crippen LogP contribution in [0.1, 0.15) is 34.1 Å². The molecular weight excluding hydrogens is 156 g/mol. The third-order valence-corrected chi connectivity index (χ3v) is 0.964. The quantitative estimate of drug-likeness (QED) is 0.502. The van der Waals surface area contributed by atoms with Gasteiger partial charge in [0.05, 0.1) is 0 Å². The van der Waals surface area contributed by atoms with E-state index in [1.165, 1.54) is 0 Å². The van der Waals surface area contributed by atoms with E-state index in [0.29, 0.717) is 0 Å². The van der Waals surface area contributed by atoms with E-state index in [4.69, 9.17) is 4.74 Å². The number of hydrogen-bond donors (Lipinski definition) is 2. The van der Waals surface area contributed by atoms with Gasteiger partial charge in [-0.2, -0.15) is 0 Å². The van der Waals surface area contributed by atoms with Gasteiger partial charge in [0.2, 0.25) is 0 Å². The van der Waals surface area contributed by atoms with Crippen LogP contribution in [0.25, 0.3) is 0 Å². The molecule has 0 spiro atoms. The Labute approximate surface area is 73.6 Å². The van der Waals surface area contributed by atoms with Crippen LogP contribution in [0.15, 0.2) is 0 Å². The molecule has 0 unspecified atom stereocenters. The summed E-state index contributed by atoms with van der Waals surface area (Å²) in [7, 11) is 0. The number of ether oxygens (including phenoxy) is 1. The topological polar surface area (TPSA) is 50.4 Å². The summed E-state index contributed by atoms with van der Waals surface area (Å²) in [4.78, 5) is 10.9. The molecule has 0 bridgehead atoms. The van der Waals surface area contributed by atoms with Crippen LogP contribution in [-0.4, -0.2) is 18.2 Å². The second-order valence-corrected chi connectivity index (χ2v) is 3.55. The van der Waals surface area contributed by atoms with Gasteiger partial charge in [-0.05, 0) is 27.2 Å². The lowest BCUT2D eigenvalue weighted by Gasteiger charge is -2.19. The van der Waals surface area contributed by atoms with Crippen molar-refractivity contribution in [2.24, 2.45) is 0 Å². The third-order valence-electron chi connectivity index (χ3n) is 0.964. The molecule has 0 atom stereocenters. The Balaban J connectivity index is 3.47. The highest BCUT2D eigenvalue weighted by Gasteiger charge is 2.15. The maximum absolute atomic E-state index is 10.9. The second-order valence-electron chi connectivity index (χ2n) is 3.55. The summed E-state index contributed by atoms with van der Waals surface area (Å²) >= 11 is 0. The van der Waals surface area contributed by atoms with E-state index in [-0.39, 0.29) is 0 Å². The summed E-state index contributed by atoms with van der Waals surface area (Å²) < 4.78 is 4.97. The predicted molar refractivity (Wildman–Crippen MR) is 47.7 cm³/mol. The number of nitrogens with one attached hydrogen (secondary N) is 2. The Hall–Kier alpha value is -0.770. The van der Waals surface area contributed by atoms with Gasteiger partial charge in [-0.1, -0.05) is 6.92 Å². The van der Waals surface area contributed by atoms with Crippen LogP contribution in [-0.2, 0) is 4.74 Å². The molecule has 0 saturated carbocycles. The Kier molecular flexibility index (Phi) is 4.66. The first-order valence-electron chi connectivity index (χ1n) is 4.17. The van der Waals surface area contributed by atoms with Crippen molar-refractivity contribution in [1.29, 1.82) is 0 Å². The van der Waals surface area contributed by atoms with Crippen LogP contribution < -0.4 is 10.9 Å². The van der Waals surface area contributed by atoms with Gasteiger partial charge in [0, 0.05) is 6.54 Å². The molecule has 0 aromatic heterocycles. The van der Waals surface area contributed by atoms with Crippen molar-refractivity contribution in [3.8, 4) is 0 Å². The average molecular weight is 174 g/mol. The van der Waals surface area contributed by atoms with Crippen molar-refractivity contribution in [2.75, 3.05) is 6.54 Å². The Morgan fingerprint density at radius 3 is 2.42 bits per heavy atom. The first kappa shape index (κ1) is 11.2. The number of rotatable bonds is 3. The van der Waals surface area contributed by atoms with E-state index < -0.39 is 11.7 Å². The van der Waals surface area contributed by atoms with E-state index >= 15 is 0 Å². The Morgan fingerprint density at radius 1 is 1.42 bits per heavy atom. The zero-order valence-corrected chi connectivity index (χ0v) is 8.23. The molecule has 12 heavy (non-hydrogen) atoms. The van der Waals surface area contributed by atoms with Crippen molar-refractivity contribution in [2.45, 2.75) is 39.7 Å². The summed E-state index contributed by atoms with van der Waals surface area (Å²) in [6.07, 6.45) is 0.534. The fourth-order valence-electron chi connectivity index (χ4n) is 0.563.